The van der Waals surface area contributed by atoms with Gasteiger partial charge in [0.25, 0.3) is 5.91 Å². The minimum atomic E-state index is -0.704. The summed E-state index contributed by atoms with van der Waals surface area (Å²) in [5.74, 6) is 1.51. The fourth-order valence-corrected chi connectivity index (χ4v) is 3.95. The van der Waals surface area contributed by atoms with Gasteiger partial charge in [0.2, 0.25) is 5.91 Å². The van der Waals surface area contributed by atoms with Crippen molar-refractivity contribution in [3.8, 4) is 5.75 Å². The third-order valence-corrected chi connectivity index (χ3v) is 6.23. The van der Waals surface area contributed by atoms with E-state index in [1.807, 2.05) is 6.26 Å². The van der Waals surface area contributed by atoms with Gasteiger partial charge in [0.05, 0.1) is 11.6 Å². The number of carbonyl (C=O) groups excluding carboxylic acids is 2. The Hall–Kier alpha value is -1.78. The van der Waals surface area contributed by atoms with Gasteiger partial charge in [-0.3, -0.25) is 9.59 Å². The molecular weight excluding hydrogens is 488 g/mol. The van der Waals surface area contributed by atoms with Crippen molar-refractivity contribution in [2.45, 2.75) is 31.0 Å². The van der Waals surface area contributed by atoms with Crippen molar-refractivity contribution < 1.29 is 14.3 Å². The van der Waals surface area contributed by atoms with Crippen LogP contribution in [0.4, 0.5) is 5.69 Å². The Morgan fingerprint density at radius 2 is 2.10 bits per heavy atom. The van der Waals surface area contributed by atoms with E-state index in [9.17, 15) is 9.59 Å². The zero-order valence-electron chi connectivity index (χ0n) is 17.1. The topological polar surface area (TPSA) is 93.2 Å². The van der Waals surface area contributed by atoms with E-state index in [4.69, 9.17) is 4.74 Å². The van der Waals surface area contributed by atoms with E-state index in [1.165, 1.54) is 11.8 Å². The summed E-state index contributed by atoms with van der Waals surface area (Å²) in [7, 11) is 1.56. The molecule has 1 heterocycles. The van der Waals surface area contributed by atoms with Gasteiger partial charge in [-0.1, -0.05) is 24.8 Å². The number of hydrogen-bond acceptors (Lipinski definition) is 7. The highest BCUT2D eigenvalue weighted by atomic mass is 79.9. The molecule has 30 heavy (non-hydrogen) atoms. The van der Waals surface area contributed by atoms with E-state index in [1.54, 1.807) is 49.3 Å². The van der Waals surface area contributed by atoms with Gasteiger partial charge in [-0.05, 0) is 52.9 Å². The van der Waals surface area contributed by atoms with Crippen LogP contribution in [-0.4, -0.2) is 52.7 Å². The second-order valence-electron chi connectivity index (χ2n) is 6.23. The van der Waals surface area contributed by atoms with Crippen molar-refractivity contribution in [2.24, 2.45) is 0 Å². The van der Waals surface area contributed by atoms with Crippen LogP contribution < -0.4 is 15.4 Å². The second-order valence-corrected chi connectivity index (χ2v) is 9.13. The van der Waals surface area contributed by atoms with Gasteiger partial charge in [-0.15, -0.1) is 0 Å². The molecule has 0 saturated heterocycles. The average Bonchev–Trinajstić information content (AvgIpc) is 2.75. The molecule has 1 atom stereocenters. The molecule has 0 spiro atoms. The standard InChI is InChI=1S/C20H25BrN4O3S2/c1-4-9-30-20-22-12-15(21)17(25-20)19(27)24-16(8-10-29-3)18(26)23-13-6-5-7-14(11-13)28-2/h5-7,11-12,16H,4,8-10H2,1-3H3,(H,23,26)(H,24,27). The van der Waals surface area contributed by atoms with Crippen LogP contribution in [0.5, 0.6) is 5.75 Å². The number of amides is 2. The first kappa shape index (κ1) is 24.5. The van der Waals surface area contributed by atoms with Crippen molar-refractivity contribution in [1.82, 2.24) is 15.3 Å². The average molecular weight is 513 g/mol. The van der Waals surface area contributed by atoms with Gasteiger partial charge in [-0.25, -0.2) is 9.97 Å². The number of ether oxygens (including phenoxy) is 1. The Balaban J connectivity index is 2.14. The summed E-state index contributed by atoms with van der Waals surface area (Å²) in [6, 6.07) is 6.38. The normalized spacial score (nSPS) is 11.6. The molecule has 1 aromatic heterocycles. The van der Waals surface area contributed by atoms with E-state index in [0.717, 1.165) is 17.9 Å². The number of rotatable bonds is 11. The number of thioether (sulfide) groups is 2. The van der Waals surface area contributed by atoms with E-state index in [0.29, 0.717) is 27.5 Å². The lowest BCUT2D eigenvalue weighted by molar-refractivity contribution is -0.118. The summed E-state index contributed by atoms with van der Waals surface area (Å²) in [6.45, 7) is 2.07. The number of carbonyl (C=O) groups is 2. The first-order valence-corrected chi connectivity index (χ1v) is 12.6. The van der Waals surface area contributed by atoms with Gasteiger partial charge in [-0.2, -0.15) is 11.8 Å². The van der Waals surface area contributed by atoms with Crippen molar-refractivity contribution >= 4 is 57.0 Å². The highest BCUT2D eigenvalue weighted by molar-refractivity contribution is 9.10. The number of nitrogens with one attached hydrogen (secondary N) is 2. The largest absolute Gasteiger partial charge is 0.497 e. The van der Waals surface area contributed by atoms with Crippen LogP contribution in [0.25, 0.3) is 0 Å². The summed E-state index contributed by atoms with van der Waals surface area (Å²) < 4.78 is 5.67. The number of halogens is 1. The Labute approximate surface area is 193 Å². The zero-order valence-corrected chi connectivity index (χ0v) is 20.3. The molecule has 10 heteroatoms. The molecule has 2 rings (SSSR count). The van der Waals surface area contributed by atoms with Crippen LogP contribution >= 0.6 is 39.5 Å². The molecule has 0 aliphatic rings. The molecule has 0 saturated carbocycles. The van der Waals surface area contributed by atoms with Crippen molar-refractivity contribution in [3.05, 3.63) is 40.6 Å². The van der Waals surface area contributed by atoms with Gasteiger partial charge in [0, 0.05) is 23.7 Å². The number of hydrogen-bond donors (Lipinski definition) is 2. The van der Waals surface area contributed by atoms with E-state index in [-0.39, 0.29) is 11.6 Å². The molecule has 1 unspecified atom stereocenters. The monoisotopic (exact) mass is 512 g/mol. The summed E-state index contributed by atoms with van der Waals surface area (Å²) >= 11 is 6.43. The molecule has 2 aromatic rings. The lowest BCUT2D eigenvalue weighted by Crippen LogP contribution is -2.44. The van der Waals surface area contributed by atoms with E-state index < -0.39 is 11.9 Å². The van der Waals surface area contributed by atoms with Crippen LogP contribution in [0.1, 0.15) is 30.3 Å². The molecule has 0 fully saturated rings. The maximum Gasteiger partial charge on any atom is 0.271 e. The number of anilines is 1. The first-order chi connectivity index (χ1) is 14.5. The Morgan fingerprint density at radius 3 is 2.80 bits per heavy atom. The minimum absolute atomic E-state index is 0.215. The first-order valence-electron chi connectivity index (χ1n) is 9.38. The molecule has 0 radical (unpaired) electrons. The molecule has 0 aliphatic heterocycles. The zero-order chi connectivity index (χ0) is 21.9. The van der Waals surface area contributed by atoms with Crippen LogP contribution in [0, 0.1) is 0 Å². The SMILES string of the molecule is CCCSc1ncc(Br)c(C(=O)NC(CCSC)C(=O)Nc2cccc(OC)c2)n1. The predicted octanol–water partition coefficient (Wildman–Crippen LogP) is 4.24. The van der Waals surface area contributed by atoms with Crippen molar-refractivity contribution in [3.63, 3.8) is 0 Å². The third kappa shape index (κ3) is 7.48. The molecular formula is C20H25BrN4O3S2. The fraction of sp³-hybridized carbons (Fsp3) is 0.400. The number of nitrogens with zero attached hydrogens (tertiary/aromatic N) is 2. The highest BCUT2D eigenvalue weighted by Crippen LogP contribution is 2.20. The van der Waals surface area contributed by atoms with Gasteiger partial charge in [0.15, 0.2) is 5.16 Å². The maximum atomic E-state index is 12.9. The highest BCUT2D eigenvalue weighted by Gasteiger charge is 2.24. The van der Waals surface area contributed by atoms with Gasteiger partial charge in [0.1, 0.15) is 17.5 Å². The molecule has 2 N–H and O–H groups in total. The maximum absolute atomic E-state index is 12.9. The van der Waals surface area contributed by atoms with Gasteiger partial charge >= 0.3 is 0 Å². The molecule has 1 aromatic carbocycles. The number of methoxy groups -OCH3 is 1. The number of aromatic nitrogens is 2. The van der Waals surface area contributed by atoms with Crippen LogP contribution in [-0.2, 0) is 4.79 Å². The van der Waals surface area contributed by atoms with Gasteiger partial charge < -0.3 is 15.4 Å². The Kier molecular flexibility index (Phi) is 10.5. The fourth-order valence-electron chi connectivity index (χ4n) is 2.43. The molecule has 7 nitrogen and oxygen atoms in total. The summed E-state index contributed by atoms with van der Waals surface area (Å²) in [4.78, 5) is 34.3. The number of benzene rings is 1. The molecule has 162 valence electrons. The lowest BCUT2D eigenvalue weighted by Gasteiger charge is -2.18. The predicted molar refractivity (Wildman–Crippen MR) is 127 cm³/mol. The lowest BCUT2D eigenvalue weighted by atomic mass is 10.2. The Bertz CT molecular complexity index is 870. The summed E-state index contributed by atoms with van der Waals surface area (Å²) in [6.07, 6.45) is 4.99. The van der Waals surface area contributed by atoms with Crippen LogP contribution in [0.15, 0.2) is 40.1 Å². The molecule has 0 aliphatic carbocycles. The van der Waals surface area contributed by atoms with Crippen molar-refractivity contribution in [1.29, 1.82) is 0 Å². The third-order valence-electron chi connectivity index (χ3n) is 3.94. The van der Waals surface area contributed by atoms with Crippen LogP contribution in [0.3, 0.4) is 0 Å². The summed E-state index contributed by atoms with van der Waals surface area (Å²) in [5.41, 5.74) is 0.816. The quantitative estimate of drug-likeness (QED) is 0.343. The van der Waals surface area contributed by atoms with Crippen LogP contribution in [0.2, 0.25) is 0 Å². The molecule has 0 bridgehead atoms. The van der Waals surface area contributed by atoms with E-state index >= 15 is 0 Å². The second kappa shape index (κ2) is 12.8. The molecule has 2 amide bonds. The van der Waals surface area contributed by atoms with Crippen molar-refractivity contribution in [2.75, 3.05) is 30.2 Å². The smallest absolute Gasteiger partial charge is 0.271 e. The Morgan fingerprint density at radius 1 is 1.30 bits per heavy atom. The minimum Gasteiger partial charge on any atom is -0.497 e. The van der Waals surface area contributed by atoms with E-state index in [2.05, 4.69) is 43.5 Å². The summed E-state index contributed by atoms with van der Waals surface area (Å²) in [5, 5.41) is 6.19.